The van der Waals surface area contributed by atoms with Crippen LogP contribution in [-0.2, 0) is 11.2 Å². The lowest BCUT2D eigenvalue weighted by Crippen LogP contribution is -2.28. The quantitative estimate of drug-likeness (QED) is 0.772. The third-order valence-corrected chi connectivity index (χ3v) is 3.27. The van der Waals surface area contributed by atoms with Gasteiger partial charge >= 0.3 is 0 Å². The Balaban J connectivity index is 1.84. The van der Waals surface area contributed by atoms with Crippen LogP contribution in [0.25, 0.3) is 0 Å². The van der Waals surface area contributed by atoms with Gasteiger partial charge in [0.1, 0.15) is 0 Å². The van der Waals surface area contributed by atoms with E-state index >= 15 is 0 Å². The molecule has 1 aliphatic heterocycles. The number of rotatable bonds is 5. The van der Waals surface area contributed by atoms with Gasteiger partial charge in [0, 0.05) is 13.7 Å². The Kier molecular flexibility index (Phi) is 4.63. The fourth-order valence-corrected chi connectivity index (χ4v) is 2.36. The van der Waals surface area contributed by atoms with Gasteiger partial charge in [0.25, 0.3) is 0 Å². The Bertz CT molecular complexity index is 347. The molecule has 0 amide bonds. The molecule has 1 aromatic carbocycles. The molecule has 0 aliphatic carbocycles. The third-order valence-electron chi connectivity index (χ3n) is 3.27. The summed E-state index contributed by atoms with van der Waals surface area (Å²) in [6.45, 7) is 2.01. The number of ether oxygens (including phenoxy) is 1. The zero-order valence-electron chi connectivity index (χ0n) is 10.5. The first-order chi connectivity index (χ1) is 8.40. The SMILES string of the molecule is COC[C@@H]1CCCN1/C=C/Cc1ccccc1. The minimum Gasteiger partial charge on any atom is -0.383 e. The lowest BCUT2D eigenvalue weighted by molar-refractivity contribution is 0.138. The van der Waals surface area contributed by atoms with Crippen LogP contribution in [0.2, 0.25) is 0 Å². The molecule has 0 aromatic heterocycles. The van der Waals surface area contributed by atoms with Crippen molar-refractivity contribution in [2.75, 3.05) is 20.3 Å². The van der Waals surface area contributed by atoms with E-state index in [4.69, 9.17) is 4.74 Å². The van der Waals surface area contributed by atoms with E-state index in [0.29, 0.717) is 6.04 Å². The van der Waals surface area contributed by atoms with Crippen molar-refractivity contribution in [3.05, 3.63) is 48.2 Å². The maximum Gasteiger partial charge on any atom is 0.0666 e. The fraction of sp³-hybridized carbons (Fsp3) is 0.467. The van der Waals surface area contributed by atoms with E-state index in [9.17, 15) is 0 Å². The van der Waals surface area contributed by atoms with E-state index in [2.05, 4.69) is 47.5 Å². The number of likely N-dealkylation sites (tertiary alicyclic amines) is 1. The summed E-state index contributed by atoms with van der Waals surface area (Å²) in [5, 5.41) is 0. The predicted molar refractivity (Wildman–Crippen MR) is 70.9 cm³/mol. The third kappa shape index (κ3) is 3.60. The lowest BCUT2D eigenvalue weighted by atomic mass is 10.1. The number of benzene rings is 1. The van der Waals surface area contributed by atoms with Crippen molar-refractivity contribution >= 4 is 0 Å². The molecule has 1 aromatic rings. The summed E-state index contributed by atoms with van der Waals surface area (Å²) >= 11 is 0. The largest absolute Gasteiger partial charge is 0.383 e. The van der Waals surface area contributed by atoms with Gasteiger partial charge in [-0.05, 0) is 31.0 Å². The molecular weight excluding hydrogens is 210 g/mol. The standard InChI is InChI=1S/C15H21NO/c1-17-13-15-10-6-12-16(15)11-5-9-14-7-3-2-4-8-14/h2-5,7-8,11,15H,6,9-10,12-13H2,1H3/b11-5+/t15-/m0/s1. The average Bonchev–Trinajstić information content (AvgIpc) is 2.79. The van der Waals surface area contributed by atoms with E-state index in [1.807, 2.05) is 0 Å². The minimum absolute atomic E-state index is 0.576. The lowest BCUT2D eigenvalue weighted by Gasteiger charge is -2.21. The van der Waals surface area contributed by atoms with Crippen molar-refractivity contribution in [3.8, 4) is 0 Å². The van der Waals surface area contributed by atoms with Crippen LogP contribution in [0.3, 0.4) is 0 Å². The summed E-state index contributed by atoms with van der Waals surface area (Å²) in [6.07, 6.45) is 8.04. The second kappa shape index (κ2) is 6.45. The van der Waals surface area contributed by atoms with Gasteiger partial charge in [0.15, 0.2) is 0 Å². The van der Waals surface area contributed by atoms with Crippen molar-refractivity contribution < 1.29 is 4.74 Å². The summed E-state index contributed by atoms with van der Waals surface area (Å²) < 4.78 is 5.25. The summed E-state index contributed by atoms with van der Waals surface area (Å²) in [5.74, 6) is 0. The van der Waals surface area contributed by atoms with E-state index in [-0.39, 0.29) is 0 Å². The van der Waals surface area contributed by atoms with Gasteiger partial charge in [-0.2, -0.15) is 0 Å². The van der Waals surface area contributed by atoms with Crippen LogP contribution >= 0.6 is 0 Å². The molecule has 0 N–H and O–H groups in total. The van der Waals surface area contributed by atoms with E-state index < -0.39 is 0 Å². The van der Waals surface area contributed by atoms with Crippen molar-refractivity contribution in [3.63, 3.8) is 0 Å². The number of nitrogens with zero attached hydrogens (tertiary/aromatic N) is 1. The smallest absolute Gasteiger partial charge is 0.0666 e. The molecule has 2 nitrogen and oxygen atoms in total. The topological polar surface area (TPSA) is 12.5 Å². The van der Waals surface area contributed by atoms with Crippen LogP contribution in [0.1, 0.15) is 18.4 Å². The average molecular weight is 231 g/mol. The maximum absolute atomic E-state index is 5.25. The number of hydrogen-bond donors (Lipinski definition) is 0. The molecule has 0 unspecified atom stereocenters. The van der Waals surface area contributed by atoms with Gasteiger partial charge in [0.2, 0.25) is 0 Å². The van der Waals surface area contributed by atoms with Gasteiger partial charge in [-0.3, -0.25) is 0 Å². The molecule has 0 saturated carbocycles. The molecule has 92 valence electrons. The molecule has 0 spiro atoms. The molecule has 1 atom stereocenters. The first kappa shape index (κ1) is 12.2. The molecule has 2 rings (SSSR count). The van der Waals surface area contributed by atoms with Gasteiger partial charge in [-0.15, -0.1) is 0 Å². The molecule has 1 fully saturated rings. The van der Waals surface area contributed by atoms with E-state index in [1.54, 1.807) is 7.11 Å². The Labute approximate surface area is 104 Å². The molecule has 17 heavy (non-hydrogen) atoms. The number of methoxy groups -OCH3 is 1. The second-order valence-electron chi connectivity index (χ2n) is 4.56. The van der Waals surface area contributed by atoms with Gasteiger partial charge < -0.3 is 9.64 Å². The van der Waals surface area contributed by atoms with Crippen molar-refractivity contribution in [2.24, 2.45) is 0 Å². The second-order valence-corrected chi connectivity index (χ2v) is 4.56. The molecule has 0 bridgehead atoms. The zero-order chi connectivity index (χ0) is 11.9. The van der Waals surface area contributed by atoms with Gasteiger partial charge in [0.05, 0.1) is 12.6 Å². The van der Waals surface area contributed by atoms with Crippen LogP contribution in [0.5, 0.6) is 0 Å². The maximum atomic E-state index is 5.25. The summed E-state index contributed by atoms with van der Waals surface area (Å²) in [4.78, 5) is 2.41. The molecule has 2 heteroatoms. The number of allylic oxidation sites excluding steroid dienone is 1. The first-order valence-electron chi connectivity index (χ1n) is 6.35. The van der Waals surface area contributed by atoms with Crippen molar-refractivity contribution in [1.29, 1.82) is 0 Å². The van der Waals surface area contributed by atoms with Crippen LogP contribution in [-0.4, -0.2) is 31.2 Å². The summed E-state index contributed by atoms with van der Waals surface area (Å²) in [7, 11) is 1.78. The Morgan fingerprint density at radius 3 is 2.94 bits per heavy atom. The highest BCUT2D eigenvalue weighted by Gasteiger charge is 2.20. The first-order valence-corrected chi connectivity index (χ1v) is 6.35. The summed E-state index contributed by atoms with van der Waals surface area (Å²) in [5.41, 5.74) is 1.37. The zero-order valence-corrected chi connectivity index (χ0v) is 10.5. The van der Waals surface area contributed by atoms with Crippen molar-refractivity contribution in [1.82, 2.24) is 4.90 Å². The van der Waals surface area contributed by atoms with Gasteiger partial charge in [-0.1, -0.05) is 36.4 Å². The molecule has 0 radical (unpaired) electrons. The molecule has 1 aliphatic rings. The molecule has 1 saturated heterocycles. The van der Waals surface area contributed by atoms with Crippen LogP contribution in [0, 0.1) is 0 Å². The Morgan fingerprint density at radius 2 is 2.18 bits per heavy atom. The minimum atomic E-state index is 0.576. The normalized spacial score (nSPS) is 20.3. The molecular formula is C15H21NO. The van der Waals surface area contributed by atoms with Gasteiger partial charge in [-0.25, -0.2) is 0 Å². The Morgan fingerprint density at radius 1 is 1.35 bits per heavy atom. The molecule has 1 heterocycles. The van der Waals surface area contributed by atoms with Crippen molar-refractivity contribution in [2.45, 2.75) is 25.3 Å². The highest BCUT2D eigenvalue weighted by molar-refractivity contribution is 5.17. The van der Waals surface area contributed by atoms with Crippen LogP contribution in [0.4, 0.5) is 0 Å². The Hall–Kier alpha value is -1.28. The highest BCUT2D eigenvalue weighted by Crippen LogP contribution is 2.17. The van der Waals surface area contributed by atoms with Crippen LogP contribution < -0.4 is 0 Å². The predicted octanol–water partition coefficient (Wildman–Crippen LogP) is 2.85. The number of hydrogen-bond acceptors (Lipinski definition) is 2. The highest BCUT2D eigenvalue weighted by atomic mass is 16.5. The monoisotopic (exact) mass is 231 g/mol. The van der Waals surface area contributed by atoms with Crippen LogP contribution in [0.15, 0.2) is 42.6 Å². The van der Waals surface area contributed by atoms with E-state index in [0.717, 1.165) is 13.0 Å². The van der Waals surface area contributed by atoms with E-state index in [1.165, 1.54) is 24.9 Å². The summed E-state index contributed by atoms with van der Waals surface area (Å²) in [6, 6.07) is 11.1. The fourth-order valence-electron chi connectivity index (χ4n) is 2.36.